The molecule has 0 radical (unpaired) electrons. The monoisotopic (exact) mass is 171 g/mol. The molecule has 0 bridgehead atoms. The number of aliphatic hydroxyl groups is 1. The fourth-order valence-electron chi connectivity index (χ4n) is 2.31. The molecule has 0 aromatic heterocycles. The molecule has 0 spiro atoms. The summed E-state index contributed by atoms with van der Waals surface area (Å²) >= 11 is 0. The molecule has 0 aliphatic carbocycles. The Morgan fingerprint density at radius 1 is 1.58 bits per heavy atom. The fourth-order valence-corrected chi connectivity index (χ4v) is 2.31. The summed E-state index contributed by atoms with van der Waals surface area (Å²) in [5.74, 6) is 0.777. The maximum atomic E-state index is 9.29. The highest BCUT2D eigenvalue weighted by Gasteiger charge is 2.36. The molecule has 2 nitrogen and oxygen atoms in total. The molecule has 1 rings (SSSR count). The van der Waals surface area contributed by atoms with Gasteiger partial charge in [-0.3, -0.25) is 4.90 Å². The quantitative estimate of drug-likeness (QED) is 0.680. The van der Waals surface area contributed by atoms with Crippen LogP contribution in [0.4, 0.5) is 0 Å². The Morgan fingerprint density at radius 2 is 2.17 bits per heavy atom. The second-order valence-corrected chi connectivity index (χ2v) is 4.88. The van der Waals surface area contributed by atoms with Crippen LogP contribution in [0.3, 0.4) is 0 Å². The van der Waals surface area contributed by atoms with Gasteiger partial charge in [-0.2, -0.15) is 0 Å². The molecule has 1 aliphatic heterocycles. The fraction of sp³-hybridized carbons (Fsp3) is 1.00. The number of aliphatic hydroxyl groups excluding tert-OH is 1. The third kappa shape index (κ3) is 2.20. The third-order valence-corrected chi connectivity index (χ3v) is 2.72. The van der Waals surface area contributed by atoms with Crippen LogP contribution in [0, 0.1) is 5.92 Å². The molecule has 1 heterocycles. The van der Waals surface area contributed by atoms with E-state index in [2.05, 4.69) is 25.7 Å². The van der Waals surface area contributed by atoms with Crippen molar-refractivity contribution in [1.29, 1.82) is 0 Å². The second kappa shape index (κ2) is 3.35. The first kappa shape index (κ1) is 10.0. The number of nitrogens with zero attached hydrogens (tertiary/aromatic N) is 1. The van der Waals surface area contributed by atoms with Crippen LogP contribution in [0.15, 0.2) is 0 Å². The number of rotatable bonds is 2. The zero-order valence-corrected chi connectivity index (χ0v) is 8.67. The predicted molar refractivity (Wildman–Crippen MR) is 51.1 cm³/mol. The average molecular weight is 171 g/mol. The van der Waals surface area contributed by atoms with E-state index in [0.717, 1.165) is 19.0 Å². The summed E-state index contributed by atoms with van der Waals surface area (Å²) in [4.78, 5) is 2.39. The molecule has 1 unspecified atom stereocenters. The van der Waals surface area contributed by atoms with Gasteiger partial charge in [0.25, 0.3) is 0 Å². The number of hydrogen-bond donors (Lipinski definition) is 1. The lowest BCUT2D eigenvalue weighted by Gasteiger charge is -2.32. The van der Waals surface area contributed by atoms with Crippen molar-refractivity contribution in [3.63, 3.8) is 0 Å². The molecule has 1 saturated heterocycles. The predicted octanol–water partition coefficient (Wildman–Crippen LogP) is 1.49. The highest BCUT2D eigenvalue weighted by atomic mass is 16.3. The zero-order chi connectivity index (χ0) is 9.35. The molecule has 0 aromatic rings. The Balaban J connectivity index is 2.53. The molecule has 2 heteroatoms. The molecule has 72 valence electrons. The zero-order valence-electron chi connectivity index (χ0n) is 8.67. The third-order valence-electron chi connectivity index (χ3n) is 2.72. The first-order valence-corrected chi connectivity index (χ1v) is 4.85. The van der Waals surface area contributed by atoms with Crippen LogP contribution in [0.25, 0.3) is 0 Å². The Hall–Kier alpha value is -0.0800. The van der Waals surface area contributed by atoms with Crippen LogP contribution in [0.1, 0.15) is 34.1 Å². The minimum absolute atomic E-state index is 0.199. The van der Waals surface area contributed by atoms with Crippen LogP contribution < -0.4 is 0 Å². The van der Waals surface area contributed by atoms with Crippen molar-refractivity contribution in [2.24, 2.45) is 5.92 Å². The maximum Gasteiger partial charge on any atom is 0.0639 e. The summed E-state index contributed by atoms with van der Waals surface area (Å²) in [7, 11) is 0. The molecule has 0 aromatic carbocycles. The van der Waals surface area contributed by atoms with Gasteiger partial charge < -0.3 is 5.11 Å². The van der Waals surface area contributed by atoms with Crippen LogP contribution >= 0.6 is 0 Å². The summed E-state index contributed by atoms with van der Waals surface area (Å²) in [6, 6.07) is 0. The molecule has 0 saturated carbocycles. The van der Waals surface area contributed by atoms with Gasteiger partial charge in [0.05, 0.1) is 6.10 Å². The van der Waals surface area contributed by atoms with Gasteiger partial charge >= 0.3 is 0 Å². The summed E-state index contributed by atoms with van der Waals surface area (Å²) in [5.41, 5.74) is 0.288. The molecule has 2 atom stereocenters. The Kier molecular flexibility index (Phi) is 2.79. The maximum absolute atomic E-state index is 9.29. The van der Waals surface area contributed by atoms with E-state index in [1.165, 1.54) is 6.42 Å². The molecule has 1 fully saturated rings. The van der Waals surface area contributed by atoms with Crippen molar-refractivity contribution in [1.82, 2.24) is 4.90 Å². The minimum atomic E-state index is -0.199. The molecule has 1 N–H and O–H groups in total. The van der Waals surface area contributed by atoms with Crippen LogP contribution in [0.5, 0.6) is 0 Å². The first-order chi connectivity index (χ1) is 5.42. The lowest BCUT2D eigenvalue weighted by Crippen LogP contribution is -2.42. The van der Waals surface area contributed by atoms with Crippen molar-refractivity contribution in [3.8, 4) is 0 Å². The van der Waals surface area contributed by atoms with Crippen LogP contribution in [0.2, 0.25) is 0 Å². The van der Waals surface area contributed by atoms with E-state index in [-0.39, 0.29) is 11.6 Å². The van der Waals surface area contributed by atoms with Crippen molar-refractivity contribution in [2.75, 3.05) is 13.1 Å². The van der Waals surface area contributed by atoms with E-state index in [1.807, 2.05) is 6.92 Å². The molecule has 1 aliphatic rings. The minimum Gasteiger partial charge on any atom is -0.392 e. The van der Waals surface area contributed by atoms with Gasteiger partial charge in [0, 0.05) is 18.6 Å². The van der Waals surface area contributed by atoms with Crippen molar-refractivity contribution < 1.29 is 5.11 Å². The highest BCUT2D eigenvalue weighted by molar-refractivity contribution is 4.91. The van der Waals surface area contributed by atoms with Gasteiger partial charge in [-0.05, 0) is 33.1 Å². The van der Waals surface area contributed by atoms with E-state index >= 15 is 0 Å². The van der Waals surface area contributed by atoms with Crippen LogP contribution in [-0.2, 0) is 0 Å². The number of likely N-dealkylation sites (tertiary alicyclic amines) is 1. The van der Waals surface area contributed by atoms with Gasteiger partial charge in [-0.25, -0.2) is 0 Å². The summed E-state index contributed by atoms with van der Waals surface area (Å²) < 4.78 is 0. The Bertz CT molecular complexity index is 154. The topological polar surface area (TPSA) is 23.5 Å². The first-order valence-electron chi connectivity index (χ1n) is 4.85. The van der Waals surface area contributed by atoms with E-state index < -0.39 is 0 Å². The summed E-state index contributed by atoms with van der Waals surface area (Å²) in [6.07, 6.45) is 1.05. The summed E-state index contributed by atoms with van der Waals surface area (Å²) in [6.45, 7) is 10.6. The Labute approximate surface area is 75.6 Å². The largest absolute Gasteiger partial charge is 0.392 e. The van der Waals surface area contributed by atoms with Crippen molar-refractivity contribution >= 4 is 0 Å². The normalized spacial score (nSPS) is 32.2. The van der Waals surface area contributed by atoms with Crippen LogP contribution in [-0.4, -0.2) is 34.7 Å². The summed E-state index contributed by atoms with van der Waals surface area (Å²) in [5, 5.41) is 9.29. The van der Waals surface area contributed by atoms with Gasteiger partial charge in [-0.15, -0.1) is 0 Å². The van der Waals surface area contributed by atoms with Crippen molar-refractivity contribution in [2.45, 2.75) is 45.8 Å². The van der Waals surface area contributed by atoms with E-state index in [1.54, 1.807) is 0 Å². The lowest BCUT2D eigenvalue weighted by molar-refractivity contribution is 0.0879. The molecule has 12 heavy (non-hydrogen) atoms. The van der Waals surface area contributed by atoms with E-state index in [0.29, 0.717) is 0 Å². The van der Waals surface area contributed by atoms with Gasteiger partial charge in [0.2, 0.25) is 0 Å². The second-order valence-electron chi connectivity index (χ2n) is 4.88. The molecular formula is C10H21NO. The SMILES string of the molecule is CC1CN(C[C@H](C)O)C(C)(C)C1. The van der Waals surface area contributed by atoms with Gasteiger partial charge in [-0.1, -0.05) is 6.92 Å². The standard InChI is InChI=1S/C10H21NO/c1-8-5-10(3,4)11(6-8)7-9(2)12/h8-9,12H,5-7H2,1-4H3/t8?,9-/m0/s1. The lowest BCUT2D eigenvalue weighted by atomic mass is 9.97. The smallest absolute Gasteiger partial charge is 0.0639 e. The number of hydrogen-bond acceptors (Lipinski definition) is 2. The van der Waals surface area contributed by atoms with Gasteiger partial charge in [0.1, 0.15) is 0 Å². The van der Waals surface area contributed by atoms with E-state index in [9.17, 15) is 5.11 Å². The van der Waals surface area contributed by atoms with E-state index in [4.69, 9.17) is 0 Å². The molecule has 0 amide bonds. The van der Waals surface area contributed by atoms with Gasteiger partial charge in [0.15, 0.2) is 0 Å². The highest BCUT2D eigenvalue weighted by Crippen LogP contribution is 2.31. The number of β-amino-alcohol motifs (C(OH)–C–C–N with tert-alkyl or cyclic N) is 1. The van der Waals surface area contributed by atoms with Crippen molar-refractivity contribution in [3.05, 3.63) is 0 Å². The average Bonchev–Trinajstić information content (AvgIpc) is 2.04. The molecular weight excluding hydrogens is 150 g/mol. The Morgan fingerprint density at radius 3 is 2.50 bits per heavy atom.